The maximum atomic E-state index is 12.6. The Bertz CT molecular complexity index is 920. The molecule has 0 aliphatic carbocycles. The summed E-state index contributed by atoms with van der Waals surface area (Å²) in [6.07, 6.45) is 3.07. The summed E-state index contributed by atoms with van der Waals surface area (Å²) in [5.74, 6) is 0.678. The summed E-state index contributed by atoms with van der Waals surface area (Å²) >= 11 is 0. The van der Waals surface area contributed by atoms with Gasteiger partial charge in [0.05, 0.1) is 30.6 Å². The van der Waals surface area contributed by atoms with Gasteiger partial charge in [-0.2, -0.15) is 0 Å². The molecule has 1 unspecified atom stereocenters. The Labute approximate surface area is 155 Å². The average Bonchev–Trinajstić information content (AvgIpc) is 3.31. The summed E-state index contributed by atoms with van der Waals surface area (Å²) in [5.41, 5.74) is 0.986. The van der Waals surface area contributed by atoms with E-state index in [2.05, 4.69) is 15.3 Å². The van der Waals surface area contributed by atoms with E-state index in [4.69, 9.17) is 4.42 Å². The highest BCUT2D eigenvalue weighted by atomic mass is 16.3. The predicted molar refractivity (Wildman–Crippen MR) is 95.0 cm³/mol. The molecule has 142 valence electrons. The van der Waals surface area contributed by atoms with Crippen LogP contribution in [-0.2, 0) is 13.1 Å². The van der Waals surface area contributed by atoms with Crippen LogP contribution in [0.1, 0.15) is 40.5 Å². The van der Waals surface area contributed by atoms with Crippen molar-refractivity contribution < 1.29 is 14.0 Å². The molecule has 0 aromatic carbocycles. The largest absolute Gasteiger partial charge is 0.459 e. The first-order valence-electron chi connectivity index (χ1n) is 8.98. The molecule has 0 radical (unpaired) electrons. The Balaban J connectivity index is 1.38. The van der Waals surface area contributed by atoms with Crippen LogP contribution in [0.5, 0.6) is 0 Å². The fourth-order valence-corrected chi connectivity index (χ4v) is 3.64. The molecule has 1 saturated heterocycles. The van der Waals surface area contributed by atoms with Gasteiger partial charge in [-0.05, 0) is 31.9 Å². The lowest BCUT2D eigenvalue weighted by molar-refractivity contribution is 0.0662. The zero-order valence-electron chi connectivity index (χ0n) is 15.0. The standard InChI is InChI=1S/C18H21N5O4/c1-11-19-14-10-23(9-13(14)16(24)20-11)18(26)21-12-4-2-6-22(8-12)17(25)15-5-3-7-27-15/h3,5,7,12H,2,4,6,8-10H2,1H3,(H,21,26)(H,19,20,24). The van der Waals surface area contributed by atoms with Gasteiger partial charge in [0, 0.05) is 19.1 Å². The number of carbonyl (C=O) groups excluding carboxylic acids is 2. The third-order valence-electron chi connectivity index (χ3n) is 4.96. The van der Waals surface area contributed by atoms with E-state index >= 15 is 0 Å². The number of aromatic amines is 1. The van der Waals surface area contributed by atoms with Crippen molar-refractivity contribution in [3.8, 4) is 0 Å². The van der Waals surface area contributed by atoms with Crippen molar-refractivity contribution in [3.05, 3.63) is 51.6 Å². The molecule has 2 aliphatic heterocycles. The summed E-state index contributed by atoms with van der Waals surface area (Å²) in [4.78, 5) is 47.3. The molecule has 2 aromatic rings. The molecule has 27 heavy (non-hydrogen) atoms. The normalized spacial score (nSPS) is 19.1. The van der Waals surface area contributed by atoms with Crippen LogP contribution in [0.2, 0.25) is 0 Å². The highest BCUT2D eigenvalue weighted by Crippen LogP contribution is 2.19. The molecule has 9 nitrogen and oxygen atoms in total. The number of amides is 3. The van der Waals surface area contributed by atoms with Crippen LogP contribution in [-0.4, -0.2) is 50.8 Å². The number of nitrogens with zero attached hydrogens (tertiary/aromatic N) is 3. The van der Waals surface area contributed by atoms with Gasteiger partial charge >= 0.3 is 6.03 Å². The van der Waals surface area contributed by atoms with E-state index in [1.807, 2.05) is 0 Å². The highest BCUT2D eigenvalue weighted by Gasteiger charge is 2.31. The number of rotatable bonds is 2. The lowest BCUT2D eigenvalue weighted by atomic mass is 10.1. The minimum Gasteiger partial charge on any atom is -0.459 e. The van der Waals surface area contributed by atoms with Gasteiger partial charge < -0.3 is 24.5 Å². The molecule has 4 rings (SSSR count). The molecule has 2 aliphatic rings. The third kappa shape index (κ3) is 3.44. The Kier molecular flexibility index (Phi) is 4.43. The first kappa shape index (κ1) is 17.3. The van der Waals surface area contributed by atoms with Crippen molar-refractivity contribution in [2.75, 3.05) is 13.1 Å². The number of piperidine rings is 1. The minimum atomic E-state index is -0.248. The topological polar surface area (TPSA) is 112 Å². The number of fused-ring (bicyclic) bond motifs is 1. The Morgan fingerprint density at radius 1 is 1.33 bits per heavy atom. The molecule has 2 N–H and O–H groups in total. The van der Waals surface area contributed by atoms with E-state index in [0.29, 0.717) is 42.5 Å². The van der Waals surface area contributed by atoms with Gasteiger partial charge in [0.2, 0.25) is 0 Å². The zero-order valence-corrected chi connectivity index (χ0v) is 15.0. The molecular formula is C18H21N5O4. The van der Waals surface area contributed by atoms with E-state index in [-0.39, 0.29) is 30.1 Å². The summed E-state index contributed by atoms with van der Waals surface area (Å²) in [5, 5.41) is 2.98. The van der Waals surface area contributed by atoms with Crippen molar-refractivity contribution in [2.24, 2.45) is 0 Å². The van der Waals surface area contributed by atoms with Crippen molar-refractivity contribution in [1.82, 2.24) is 25.1 Å². The van der Waals surface area contributed by atoms with E-state index in [1.54, 1.807) is 28.9 Å². The van der Waals surface area contributed by atoms with Crippen LogP contribution in [0.15, 0.2) is 27.6 Å². The maximum absolute atomic E-state index is 12.6. The quantitative estimate of drug-likeness (QED) is 0.818. The van der Waals surface area contributed by atoms with Crippen LogP contribution in [0, 0.1) is 6.92 Å². The number of likely N-dealkylation sites (tertiary alicyclic amines) is 1. The number of carbonyl (C=O) groups is 2. The van der Waals surface area contributed by atoms with Gasteiger partial charge in [0.25, 0.3) is 11.5 Å². The second-order valence-electron chi connectivity index (χ2n) is 6.95. The van der Waals surface area contributed by atoms with Crippen molar-refractivity contribution in [3.63, 3.8) is 0 Å². The first-order chi connectivity index (χ1) is 13.0. The number of furan rings is 1. The predicted octanol–water partition coefficient (Wildman–Crippen LogP) is 1.00. The van der Waals surface area contributed by atoms with Gasteiger partial charge in [0.1, 0.15) is 5.82 Å². The fourth-order valence-electron chi connectivity index (χ4n) is 3.64. The summed E-state index contributed by atoms with van der Waals surface area (Å²) in [6, 6.07) is 2.93. The van der Waals surface area contributed by atoms with Crippen LogP contribution < -0.4 is 10.9 Å². The first-order valence-corrected chi connectivity index (χ1v) is 8.98. The minimum absolute atomic E-state index is 0.137. The number of H-pyrrole nitrogens is 1. The maximum Gasteiger partial charge on any atom is 0.318 e. The number of urea groups is 1. The molecule has 0 saturated carbocycles. The molecule has 1 atom stereocenters. The monoisotopic (exact) mass is 371 g/mol. The Hall–Kier alpha value is -3.10. The van der Waals surface area contributed by atoms with E-state index in [9.17, 15) is 14.4 Å². The SMILES string of the molecule is Cc1nc2c(c(=O)[nH]1)CN(C(=O)NC1CCCN(C(=O)c3ccco3)C1)C2. The molecule has 4 heterocycles. The van der Waals surface area contributed by atoms with E-state index in [0.717, 1.165) is 12.8 Å². The van der Waals surface area contributed by atoms with Crippen molar-refractivity contribution in [1.29, 1.82) is 0 Å². The van der Waals surface area contributed by atoms with Gasteiger partial charge in [-0.25, -0.2) is 9.78 Å². The summed E-state index contributed by atoms with van der Waals surface area (Å²) in [6.45, 7) is 3.35. The smallest absolute Gasteiger partial charge is 0.318 e. The third-order valence-corrected chi connectivity index (χ3v) is 4.96. The number of hydrogen-bond donors (Lipinski definition) is 2. The number of hydrogen-bond acceptors (Lipinski definition) is 5. The lowest BCUT2D eigenvalue weighted by Gasteiger charge is -2.33. The fraction of sp³-hybridized carbons (Fsp3) is 0.444. The number of aromatic nitrogens is 2. The lowest BCUT2D eigenvalue weighted by Crippen LogP contribution is -2.52. The summed E-state index contributed by atoms with van der Waals surface area (Å²) in [7, 11) is 0. The molecule has 2 aromatic heterocycles. The zero-order chi connectivity index (χ0) is 19.0. The van der Waals surface area contributed by atoms with Gasteiger partial charge in [0.15, 0.2) is 5.76 Å². The van der Waals surface area contributed by atoms with Crippen LogP contribution >= 0.6 is 0 Å². The van der Waals surface area contributed by atoms with E-state index in [1.165, 1.54) is 6.26 Å². The van der Waals surface area contributed by atoms with Crippen LogP contribution in [0.25, 0.3) is 0 Å². The Morgan fingerprint density at radius 3 is 2.96 bits per heavy atom. The molecule has 0 bridgehead atoms. The number of aryl methyl sites for hydroxylation is 1. The summed E-state index contributed by atoms with van der Waals surface area (Å²) < 4.78 is 5.18. The molecular weight excluding hydrogens is 350 g/mol. The van der Waals surface area contributed by atoms with Gasteiger partial charge in [-0.3, -0.25) is 9.59 Å². The molecule has 3 amide bonds. The van der Waals surface area contributed by atoms with Crippen LogP contribution in [0.4, 0.5) is 4.79 Å². The molecule has 1 fully saturated rings. The molecule has 0 spiro atoms. The highest BCUT2D eigenvalue weighted by molar-refractivity contribution is 5.91. The number of nitrogens with one attached hydrogen (secondary N) is 2. The van der Waals surface area contributed by atoms with Crippen molar-refractivity contribution >= 4 is 11.9 Å². The average molecular weight is 371 g/mol. The van der Waals surface area contributed by atoms with Crippen molar-refractivity contribution in [2.45, 2.75) is 38.9 Å². The van der Waals surface area contributed by atoms with Gasteiger partial charge in [-0.1, -0.05) is 0 Å². The van der Waals surface area contributed by atoms with Crippen LogP contribution in [0.3, 0.4) is 0 Å². The molecule has 9 heteroatoms. The second-order valence-corrected chi connectivity index (χ2v) is 6.95. The van der Waals surface area contributed by atoms with Gasteiger partial charge in [-0.15, -0.1) is 0 Å². The Morgan fingerprint density at radius 2 is 2.19 bits per heavy atom. The second kappa shape index (κ2) is 6.90. The van der Waals surface area contributed by atoms with E-state index < -0.39 is 0 Å².